The van der Waals surface area contributed by atoms with E-state index in [1.54, 1.807) is 6.07 Å². The Balaban J connectivity index is 3.18. The minimum Gasteiger partial charge on any atom is -0.369 e. The molecule has 1 aromatic carbocycles. The molecule has 3 heteroatoms. The largest absolute Gasteiger partial charge is 0.369 e. The third-order valence-electron chi connectivity index (χ3n) is 2.97. The fraction of sp³-hybridized carbons (Fsp3) is 0.600. The highest BCUT2D eigenvalue weighted by molar-refractivity contribution is 5.55. The van der Waals surface area contributed by atoms with E-state index in [0.717, 1.165) is 17.8 Å². The van der Waals surface area contributed by atoms with Gasteiger partial charge in [0, 0.05) is 24.3 Å². The van der Waals surface area contributed by atoms with Gasteiger partial charge in [0.05, 0.1) is 0 Å². The lowest BCUT2D eigenvalue weighted by molar-refractivity contribution is 0.565. The predicted octanol–water partition coefficient (Wildman–Crippen LogP) is 3.72. The van der Waals surface area contributed by atoms with Crippen molar-refractivity contribution in [1.29, 1.82) is 0 Å². The molecular weight excluding hydrogens is 227 g/mol. The highest BCUT2D eigenvalue weighted by Gasteiger charge is 2.18. The quantitative estimate of drug-likeness (QED) is 0.865. The Morgan fingerprint density at radius 2 is 1.78 bits per heavy atom. The van der Waals surface area contributed by atoms with Crippen molar-refractivity contribution in [3.8, 4) is 0 Å². The molecule has 1 aromatic rings. The average Bonchev–Trinajstić information content (AvgIpc) is 2.25. The number of benzene rings is 1. The molecule has 0 spiro atoms. The first-order valence-electron chi connectivity index (χ1n) is 6.64. The summed E-state index contributed by atoms with van der Waals surface area (Å²) in [4.78, 5) is 2.29. The highest BCUT2D eigenvalue weighted by Crippen LogP contribution is 2.28. The Morgan fingerprint density at radius 3 is 2.22 bits per heavy atom. The van der Waals surface area contributed by atoms with Crippen molar-refractivity contribution >= 4 is 5.69 Å². The van der Waals surface area contributed by atoms with Crippen LogP contribution in [-0.2, 0) is 0 Å². The van der Waals surface area contributed by atoms with Gasteiger partial charge in [-0.3, -0.25) is 0 Å². The van der Waals surface area contributed by atoms with E-state index in [9.17, 15) is 4.39 Å². The van der Waals surface area contributed by atoms with Gasteiger partial charge in [0.25, 0.3) is 0 Å². The zero-order chi connectivity index (χ0) is 13.9. The molecule has 0 radical (unpaired) electrons. The number of nitrogens with zero attached hydrogens (tertiary/aromatic N) is 1. The number of nitrogens with two attached hydrogens (primary N) is 1. The number of hydrogen-bond acceptors (Lipinski definition) is 2. The van der Waals surface area contributed by atoms with Crippen LogP contribution in [0.3, 0.4) is 0 Å². The summed E-state index contributed by atoms with van der Waals surface area (Å²) in [6, 6.07) is 5.11. The summed E-state index contributed by atoms with van der Waals surface area (Å²) < 4.78 is 13.4. The summed E-state index contributed by atoms with van der Waals surface area (Å²) in [5.74, 6) is 0.331. The molecule has 0 aromatic heterocycles. The van der Waals surface area contributed by atoms with Crippen LogP contribution >= 0.6 is 0 Å². The number of anilines is 1. The summed E-state index contributed by atoms with van der Waals surface area (Å²) in [5.41, 5.74) is 7.89. The van der Waals surface area contributed by atoms with Crippen molar-refractivity contribution in [2.75, 3.05) is 11.4 Å². The predicted molar refractivity (Wildman–Crippen MR) is 76.3 cm³/mol. The normalized spacial score (nSPS) is 13.2. The van der Waals surface area contributed by atoms with Gasteiger partial charge in [0.15, 0.2) is 0 Å². The van der Waals surface area contributed by atoms with Crippen LogP contribution in [-0.4, -0.2) is 12.6 Å². The maximum atomic E-state index is 13.4. The molecule has 0 aliphatic heterocycles. The van der Waals surface area contributed by atoms with Crippen LogP contribution in [0.4, 0.5) is 10.1 Å². The minimum absolute atomic E-state index is 0.163. The molecule has 2 nitrogen and oxygen atoms in total. The molecule has 0 fully saturated rings. The molecule has 0 saturated carbocycles. The molecular formula is C15H25FN2. The first-order valence-corrected chi connectivity index (χ1v) is 6.64. The fourth-order valence-corrected chi connectivity index (χ4v) is 2.13. The van der Waals surface area contributed by atoms with Crippen LogP contribution in [0.5, 0.6) is 0 Å². The Morgan fingerprint density at radius 1 is 1.17 bits per heavy atom. The second kappa shape index (κ2) is 6.19. The number of halogens is 1. The van der Waals surface area contributed by atoms with E-state index in [1.807, 2.05) is 13.0 Å². The molecule has 0 heterocycles. The van der Waals surface area contributed by atoms with Crippen LogP contribution in [0.15, 0.2) is 18.2 Å². The molecule has 1 rings (SSSR count). The fourth-order valence-electron chi connectivity index (χ4n) is 2.13. The van der Waals surface area contributed by atoms with Gasteiger partial charge >= 0.3 is 0 Å². The van der Waals surface area contributed by atoms with Crippen molar-refractivity contribution in [2.24, 2.45) is 11.7 Å². The molecule has 0 unspecified atom stereocenters. The first kappa shape index (κ1) is 15.0. The van der Waals surface area contributed by atoms with Gasteiger partial charge in [-0.2, -0.15) is 0 Å². The van der Waals surface area contributed by atoms with E-state index in [-0.39, 0.29) is 11.9 Å². The maximum Gasteiger partial charge on any atom is 0.123 e. The Hall–Kier alpha value is -1.09. The third kappa shape index (κ3) is 3.70. The molecule has 2 N–H and O–H groups in total. The van der Waals surface area contributed by atoms with E-state index in [4.69, 9.17) is 5.73 Å². The summed E-state index contributed by atoms with van der Waals surface area (Å²) in [6.07, 6.45) is 0. The van der Waals surface area contributed by atoms with Crippen LogP contribution in [0.2, 0.25) is 0 Å². The SMILES string of the molecule is CC(C)CN(c1ccc(F)cc1[C@H](C)N)C(C)C. The smallest absolute Gasteiger partial charge is 0.123 e. The molecule has 0 amide bonds. The van der Waals surface area contributed by atoms with Gasteiger partial charge in [-0.25, -0.2) is 4.39 Å². The van der Waals surface area contributed by atoms with E-state index in [0.29, 0.717) is 12.0 Å². The van der Waals surface area contributed by atoms with Crippen LogP contribution < -0.4 is 10.6 Å². The van der Waals surface area contributed by atoms with Crippen molar-refractivity contribution < 1.29 is 4.39 Å². The van der Waals surface area contributed by atoms with Gasteiger partial charge in [0.1, 0.15) is 5.82 Å². The molecule has 0 aliphatic carbocycles. The number of hydrogen-bond donors (Lipinski definition) is 1. The zero-order valence-electron chi connectivity index (χ0n) is 12.1. The van der Waals surface area contributed by atoms with Crippen molar-refractivity contribution in [2.45, 2.75) is 46.7 Å². The Labute approximate surface area is 110 Å². The third-order valence-corrected chi connectivity index (χ3v) is 2.97. The molecule has 18 heavy (non-hydrogen) atoms. The van der Waals surface area contributed by atoms with Crippen LogP contribution in [0.25, 0.3) is 0 Å². The maximum absolute atomic E-state index is 13.4. The summed E-state index contributed by atoms with van der Waals surface area (Å²) in [6.45, 7) is 11.5. The first-order chi connectivity index (χ1) is 8.32. The number of rotatable bonds is 5. The van der Waals surface area contributed by atoms with Crippen molar-refractivity contribution in [1.82, 2.24) is 0 Å². The molecule has 0 aliphatic rings. The molecule has 0 bridgehead atoms. The van der Waals surface area contributed by atoms with Gasteiger partial charge < -0.3 is 10.6 Å². The minimum atomic E-state index is -0.223. The topological polar surface area (TPSA) is 29.3 Å². The molecule has 0 saturated heterocycles. The van der Waals surface area contributed by atoms with E-state index in [1.165, 1.54) is 6.07 Å². The van der Waals surface area contributed by atoms with Gasteiger partial charge in [-0.1, -0.05) is 13.8 Å². The molecule has 1 atom stereocenters. The summed E-state index contributed by atoms with van der Waals surface area (Å²) >= 11 is 0. The average molecular weight is 252 g/mol. The van der Waals surface area contributed by atoms with Gasteiger partial charge in [-0.05, 0) is 50.5 Å². The van der Waals surface area contributed by atoms with E-state index < -0.39 is 0 Å². The second-order valence-electron chi connectivity index (χ2n) is 5.63. The summed E-state index contributed by atoms with van der Waals surface area (Å²) in [7, 11) is 0. The van der Waals surface area contributed by atoms with E-state index >= 15 is 0 Å². The van der Waals surface area contributed by atoms with Crippen LogP contribution in [0.1, 0.15) is 46.2 Å². The van der Waals surface area contributed by atoms with E-state index in [2.05, 4.69) is 32.6 Å². The monoisotopic (exact) mass is 252 g/mol. The Bertz CT molecular complexity index is 386. The second-order valence-corrected chi connectivity index (χ2v) is 5.63. The lowest BCUT2D eigenvalue weighted by atomic mass is 10.0. The highest BCUT2D eigenvalue weighted by atomic mass is 19.1. The zero-order valence-corrected chi connectivity index (χ0v) is 12.1. The molecule has 102 valence electrons. The summed E-state index contributed by atoms with van der Waals surface area (Å²) in [5, 5.41) is 0. The lowest BCUT2D eigenvalue weighted by Gasteiger charge is -2.33. The lowest BCUT2D eigenvalue weighted by Crippen LogP contribution is -2.35. The van der Waals surface area contributed by atoms with Crippen LogP contribution in [0, 0.1) is 11.7 Å². The van der Waals surface area contributed by atoms with Crippen molar-refractivity contribution in [3.05, 3.63) is 29.6 Å². The van der Waals surface area contributed by atoms with Gasteiger partial charge in [0.2, 0.25) is 0 Å². The van der Waals surface area contributed by atoms with Gasteiger partial charge in [-0.15, -0.1) is 0 Å². The van der Waals surface area contributed by atoms with Crippen molar-refractivity contribution in [3.63, 3.8) is 0 Å². The standard InChI is InChI=1S/C15H25FN2/c1-10(2)9-18(11(3)4)15-7-6-13(16)8-14(15)12(5)17/h6-8,10-12H,9,17H2,1-5H3/t12-/m0/s1. The Kier molecular flexibility index (Phi) is 5.15.